The summed E-state index contributed by atoms with van der Waals surface area (Å²) in [6.45, 7) is 10.6. The number of ether oxygens (including phenoxy) is 4. The molecule has 6 atom stereocenters. The maximum Gasteiger partial charge on any atom is 0.264 e. The summed E-state index contributed by atoms with van der Waals surface area (Å²) >= 11 is 6.48. The lowest BCUT2D eigenvalue weighted by Crippen LogP contribution is -2.55. The second-order valence-electron chi connectivity index (χ2n) is 15.7. The predicted molar refractivity (Wildman–Crippen MR) is 203 cm³/mol. The minimum atomic E-state index is -3.97. The van der Waals surface area contributed by atoms with Crippen LogP contribution in [-0.4, -0.2) is 103 Å². The average Bonchev–Trinajstić information content (AvgIpc) is 3.27. The number of carbonyl (C=O) groups excluding carboxylic acids is 1. The van der Waals surface area contributed by atoms with E-state index in [0.29, 0.717) is 44.1 Å². The molecule has 2 bridgehead atoms. The molecule has 2 fully saturated rings. The van der Waals surface area contributed by atoms with Crippen LogP contribution in [0, 0.1) is 17.8 Å². The number of methoxy groups -OCH3 is 1. The SMILES string of the molecule is CO[C@]1(COCCN2CCOCC2)/C=C/C[C@H](C)[C@@H](C)S(=O)(=O)NC(=O)c2ccc3c(c2)N(C[C@@H]2CC[C@H]21)C[C@@]1(CCCc2cc(Cl)ccc21)CO3. The summed E-state index contributed by atoms with van der Waals surface area (Å²) in [6, 6.07) is 11.5. The van der Waals surface area contributed by atoms with Crippen LogP contribution >= 0.6 is 11.6 Å². The quantitative estimate of drug-likeness (QED) is 0.297. The predicted octanol–water partition coefficient (Wildman–Crippen LogP) is 5.62. The lowest BCUT2D eigenvalue weighted by Gasteiger charge is -2.50. The molecule has 1 spiro atoms. The molecule has 3 aliphatic heterocycles. The Kier molecular flexibility index (Phi) is 11.3. The number of aryl methyl sites for hydroxylation is 1. The highest BCUT2D eigenvalue weighted by molar-refractivity contribution is 7.90. The van der Waals surface area contributed by atoms with Crippen LogP contribution in [0.3, 0.4) is 0 Å². The number of halogens is 1. The highest BCUT2D eigenvalue weighted by Crippen LogP contribution is 2.49. The number of hydrogen-bond donors (Lipinski definition) is 1. The fourth-order valence-corrected chi connectivity index (χ4v) is 10.5. The molecule has 10 nitrogen and oxygen atoms in total. The van der Waals surface area contributed by atoms with Gasteiger partial charge < -0.3 is 23.8 Å². The summed E-state index contributed by atoms with van der Waals surface area (Å²) in [5, 5.41) is -0.0611. The number of benzene rings is 2. The van der Waals surface area contributed by atoms with Crippen molar-refractivity contribution in [1.82, 2.24) is 9.62 Å². The van der Waals surface area contributed by atoms with Gasteiger partial charge >= 0.3 is 0 Å². The molecule has 2 aliphatic carbocycles. The van der Waals surface area contributed by atoms with E-state index in [2.05, 4.69) is 38.8 Å². The number of sulfonamides is 1. The Morgan fingerprint density at radius 3 is 2.69 bits per heavy atom. The molecule has 0 unspecified atom stereocenters. The Balaban J connectivity index is 1.25. The topological polar surface area (TPSA) is 107 Å². The number of anilines is 1. The smallest absolute Gasteiger partial charge is 0.264 e. The number of allylic oxidation sites excluding steroid dienone is 1. The number of fused-ring (bicyclic) bond motifs is 4. The maximum absolute atomic E-state index is 13.6. The number of amides is 1. The van der Waals surface area contributed by atoms with Gasteiger partial charge in [-0.3, -0.25) is 9.69 Å². The van der Waals surface area contributed by atoms with Gasteiger partial charge in [0.05, 0.1) is 44.0 Å². The first-order valence-electron chi connectivity index (χ1n) is 19.0. The molecule has 3 heterocycles. The van der Waals surface area contributed by atoms with Crippen molar-refractivity contribution in [2.24, 2.45) is 17.8 Å². The number of morpholine rings is 1. The van der Waals surface area contributed by atoms with E-state index < -0.39 is 26.8 Å². The largest absolute Gasteiger partial charge is 0.490 e. The molecule has 1 saturated heterocycles. The third-order valence-electron chi connectivity index (χ3n) is 12.6. The molecule has 0 radical (unpaired) electrons. The first-order valence-corrected chi connectivity index (χ1v) is 20.9. The Morgan fingerprint density at radius 1 is 1.10 bits per heavy atom. The van der Waals surface area contributed by atoms with E-state index in [-0.39, 0.29) is 23.2 Å². The molecule has 1 N–H and O–H groups in total. The fraction of sp³-hybridized carbons (Fsp3) is 0.625. The van der Waals surface area contributed by atoms with Crippen LogP contribution in [0.15, 0.2) is 48.6 Å². The molecule has 1 amide bonds. The summed E-state index contributed by atoms with van der Waals surface area (Å²) in [4.78, 5) is 18.4. The maximum atomic E-state index is 13.6. The van der Waals surface area contributed by atoms with Crippen molar-refractivity contribution in [2.75, 3.05) is 77.8 Å². The third kappa shape index (κ3) is 7.64. The van der Waals surface area contributed by atoms with Crippen LogP contribution in [-0.2, 0) is 36.1 Å². The standard InChI is InChI=1S/C40H54ClN3O7S/c1-28-6-4-15-40(48-3,27-50-21-18-43-16-19-49-20-17-43)35-11-8-32(35)24-44-25-39(14-5-7-30-22-33(41)10-12-34(30)39)26-51-37-13-9-31(23-36(37)44)38(45)42-52(46,47)29(28)2/h4,9-10,12-13,15,22-23,28-29,32,35H,5-8,11,14,16-21,24-27H2,1-3H3,(H,42,45)/b15-4+/t28-,29+,32-,35+,39-,40-/m0/s1. The van der Waals surface area contributed by atoms with Crippen molar-refractivity contribution >= 4 is 33.2 Å². The van der Waals surface area contributed by atoms with Crippen LogP contribution in [0.4, 0.5) is 5.69 Å². The number of nitrogens with zero attached hydrogens (tertiary/aromatic N) is 2. The van der Waals surface area contributed by atoms with E-state index in [1.165, 1.54) is 11.1 Å². The Labute approximate surface area is 314 Å². The van der Waals surface area contributed by atoms with Crippen molar-refractivity contribution < 1.29 is 32.2 Å². The molecule has 12 heteroatoms. The molecule has 2 aromatic carbocycles. The van der Waals surface area contributed by atoms with Gasteiger partial charge in [-0.2, -0.15) is 0 Å². The van der Waals surface area contributed by atoms with Gasteiger partial charge in [-0.25, -0.2) is 13.1 Å². The van der Waals surface area contributed by atoms with Crippen molar-refractivity contribution in [3.05, 3.63) is 70.3 Å². The van der Waals surface area contributed by atoms with E-state index in [1.54, 1.807) is 20.1 Å². The average molecular weight is 756 g/mol. The second kappa shape index (κ2) is 15.6. The summed E-state index contributed by atoms with van der Waals surface area (Å²) in [5.74, 6) is 0.277. The Hall–Kier alpha value is -2.67. The zero-order valence-corrected chi connectivity index (χ0v) is 32.4. The summed E-state index contributed by atoms with van der Waals surface area (Å²) in [6.07, 6.45) is 9.70. The normalized spacial score (nSPS) is 32.8. The van der Waals surface area contributed by atoms with Crippen LogP contribution in [0.5, 0.6) is 5.75 Å². The molecule has 7 rings (SSSR count). The van der Waals surface area contributed by atoms with Gasteiger partial charge in [-0.05, 0) is 105 Å². The van der Waals surface area contributed by atoms with Gasteiger partial charge in [0.15, 0.2) is 0 Å². The van der Waals surface area contributed by atoms with Crippen molar-refractivity contribution in [3.8, 4) is 5.75 Å². The molecule has 0 aromatic heterocycles. The van der Waals surface area contributed by atoms with E-state index in [4.69, 9.17) is 30.5 Å². The zero-order chi connectivity index (χ0) is 36.5. The molecule has 1 saturated carbocycles. The summed E-state index contributed by atoms with van der Waals surface area (Å²) in [7, 11) is -2.19. The van der Waals surface area contributed by atoms with Crippen molar-refractivity contribution in [1.29, 1.82) is 0 Å². The number of rotatable bonds is 6. The van der Waals surface area contributed by atoms with E-state index >= 15 is 0 Å². The molecule has 284 valence electrons. The van der Waals surface area contributed by atoms with Gasteiger partial charge in [0.25, 0.3) is 5.91 Å². The van der Waals surface area contributed by atoms with Crippen LogP contribution in [0.2, 0.25) is 5.02 Å². The monoisotopic (exact) mass is 755 g/mol. The van der Waals surface area contributed by atoms with Gasteiger partial charge in [0, 0.05) is 55.8 Å². The van der Waals surface area contributed by atoms with Gasteiger partial charge in [0.1, 0.15) is 11.4 Å². The fourth-order valence-electron chi connectivity index (χ4n) is 9.04. The summed E-state index contributed by atoms with van der Waals surface area (Å²) in [5.41, 5.74) is 2.66. The minimum absolute atomic E-state index is 0.175. The van der Waals surface area contributed by atoms with Crippen molar-refractivity contribution in [2.45, 2.75) is 68.6 Å². The van der Waals surface area contributed by atoms with E-state index in [1.807, 2.05) is 25.1 Å². The van der Waals surface area contributed by atoms with E-state index in [0.717, 1.165) is 82.2 Å². The van der Waals surface area contributed by atoms with Crippen molar-refractivity contribution in [3.63, 3.8) is 0 Å². The lowest BCUT2D eigenvalue weighted by molar-refractivity contribution is -0.120. The van der Waals surface area contributed by atoms with Crippen LogP contribution in [0.25, 0.3) is 0 Å². The molecule has 2 aromatic rings. The minimum Gasteiger partial charge on any atom is -0.490 e. The van der Waals surface area contributed by atoms with Crippen LogP contribution in [0.1, 0.15) is 67.4 Å². The van der Waals surface area contributed by atoms with Gasteiger partial charge in [-0.15, -0.1) is 0 Å². The molecular formula is C40H54ClN3O7S. The Morgan fingerprint density at radius 2 is 1.92 bits per heavy atom. The number of nitrogens with one attached hydrogen (secondary N) is 1. The summed E-state index contributed by atoms with van der Waals surface area (Å²) < 4.78 is 54.6. The number of hydrogen-bond acceptors (Lipinski definition) is 9. The third-order valence-corrected chi connectivity index (χ3v) is 14.7. The van der Waals surface area contributed by atoms with Gasteiger partial charge in [0.2, 0.25) is 10.0 Å². The first-order chi connectivity index (χ1) is 25.0. The van der Waals surface area contributed by atoms with Crippen LogP contribution < -0.4 is 14.4 Å². The highest BCUT2D eigenvalue weighted by atomic mass is 35.5. The second-order valence-corrected chi connectivity index (χ2v) is 18.2. The molecule has 5 aliphatic rings. The first kappa shape index (κ1) is 37.6. The number of carbonyl (C=O) groups is 1. The Bertz CT molecular complexity index is 1750. The van der Waals surface area contributed by atoms with E-state index in [9.17, 15) is 13.2 Å². The molecular weight excluding hydrogens is 702 g/mol. The van der Waals surface area contributed by atoms with Gasteiger partial charge in [-0.1, -0.05) is 36.7 Å². The zero-order valence-electron chi connectivity index (χ0n) is 30.8. The lowest BCUT2D eigenvalue weighted by atomic mass is 9.64. The molecule has 52 heavy (non-hydrogen) atoms. The highest BCUT2D eigenvalue weighted by Gasteiger charge is 2.49.